The van der Waals surface area contributed by atoms with Gasteiger partial charge >= 0.3 is 12.1 Å². The van der Waals surface area contributed by atoms with E-state index < -0.39 is 55.2 Å². The van der Waals surface area contributed by atoms with Crippen molar-refractivity contribution in [3.63, 3.8) is 0 Å². The summed E-state index contributed by atoms with van der Waals surface area (Å²) >= 11 is 0. The highest BCUT2D eigenvalue weighted by molar-refractivity contribution is 7.90. The summed E-state index contributed by atoms with van der Waals surface area (Å²) in [7, 11) is -8.14. The SMILES string of the molecule is O=C(O)C(F)(F)F.[C-]#[N+]c1cc(C[C@H](NS(=O)(=O)c2cccc(F)c2)c2nc3ccccc3[nH]2)ccc1C1CC(=O)NS1(=O)=O. The maximum atomic E-state index is 13.8. The van der Waals surface area contributed by atoms with Crippen molar-refractivity contribution in [2.45, 2.75) is 35.2 Å². The molecular formula is C27H21F4N5O7S2. The lowest BCUT2D eigenvalue weighted by Crippen LogP contribution is -2.31. The van der Waals surface area contributed by atoms with Crippen LogP contribution in [0.1, 0.15) is 34.7 Å². The zero-order valence-electron chi connectivity index (χ0n) is 22.5. The van der Waals surface area contributed by atoms with E-state index in [0.717, 1.165) is 12.1 Å². The molecular weight excluding hydrogens is 646 g/mol. The second kappa shape index (κ2) is 12.6. The van der Waals surface area contributed by atoms with Crippen LogP contribution in [-0.2, 0) is 36.1 Å². The number of rotatable bonds is 7. The summed E-state index contributed by atoms with van der Waals surface area (Å²) < 4.78 is 101. The fourth-order valence-corrected chi connectivity index (χ4v) is 7.05. The molecule has 1 aliphatic rings. The highest BCUT2D eigenvalue weighted by Crippen LogP contribution is 2.37. The fraction of sp³-hybridized carbons (Fsp3) is 0.185. The molecule has 0 spiro atoms. The first-order valence-electron chi connectivity index (χ1n) is 12.6. The van der Waals surface area contributed by atoms with Gasteiger partial charge in [-0.25, -0.2) is 40.6 Å². The van der Waals surface area contributed by atoms with Crippen LogP contribution in [0.25, 0.3) is 15.9 Å². The van der Waals surface area contributed by atoms with E-state index in [-0.39, 0.29) is 29.0 Å². The van der Waals surface area contributed by atoms with Crippen molar-refractivity contribution in [2.75, 3.05) is 0 Å². The third-order valence-electron chi connectivity index (χ3n) is 6.39. The van der Waals surface area contributed by atoms with Gasteiger partial charge in [0.05, 0.1) is 28.5 Å². The van der Waals surface area contributed by atoms with Crippen LogP contribution in [0.4, 0.5) is 23.2 Å². The van der Waals surface area contributed by atoms with E-state index in [2.05, 4.69) is 19.5 Å². The van der Waals surface area contributed by atoms with Crippen LogP contribution in [0.15, 0.2) is 71.6 Å². The Morgan fingerprint density at radius 1 is 1.13 bits per heavy atom. The second-order valence-corrected chi connectivity index (χ2v) is 13.1. The lowest BCUT2D eigenvalue weighted by atomic mass is 10.00. The number of imidazole rings is 1. The van der Waals surface area contributed by atoms with Gasteiger partial charge in [0.25, 0.3) is 0 Å². The first kappa shape index (κ1) is 33.0. The maximum Gasteiger partial charge on any atom is 0.490 e. The number of amides is 1. The van der Waals surface area contributed by atoms with E-state index in [1.54, 1.807) is 30.3 Å². The predicted molar refractivity (Wildman–Crippen MR) is 150 cm³/mol. The molecule has 3 aromatic carbocycles. The van der Waals surface area contributed by atoms with Crippen molar-refractivity contribution in [1.29, 1.82) is 0 Å². The molecule has 1 unspecified atom stereocenters. The molecule has 0 aliphatic carbocycles. The summed E-state index contributed by atoms with van der Waals surface area (Å²) in [4.78, 5) is 31.4. The number of aromatic nitrogens is 2. The number of nitrogens with one attached hydrogen (secondary N) is 3. The van der Waals surface area contributed by atoms with Crippen LogP contribution in [0.2, 0.25) is 0 Å². The van der Waals surface area contributed by atoms with E-state index in [0.29, 0.717) is 22.4 Å². The normalized spacial score (nSPS) is 16.7. The van der Waals surface area contributed by atoms with Crippen LogP contribution in [-0.4, -0.2) is 50.0 Å². The fourth-order valence-electron chi connectivity index (χ4n) is 4.37. The molecule has 1 aromatic heterocycles. The molecule has 1 fully saturated rings. The number of sulfonamides is 2. The molecule has 45 heavy (non-hydrogen) atoms. The first-order chi connectivity index (χ1) is 21.0. The number of nitrogens with zero attached hydrogens (tertiary/aromatic N) is 2. The van der Waals surface area contributed by atoms with Crippen molar-refractivity contribution in [1.82, 2.24) is 19.4 Å². The van der Waals surface area contributed by atoms with Crippen LogP contribution >= 0.6 is 0 Å². The van der Waals surface area contributed by atoms with Gasteiger partial charge in [0.1, 0.15) is 16.9 Å². The summed E-state index contributed by atoms with van der Waals surface area (Å²) in [6, 6.07) is 15.3. The average Bonchev–Trinajstić information content (AvgIpc) is 3.51. The number of H-pyrrole nitrogens is 1. The summed E-state index contributed by atoms with van der Waals surface area (Å²) in [6.45, 7) is 7.58. The van der Waals surface area contributed by atoms with Crippen LogP contribution in [0.5, 0.6) is 0 Å². The molecule has 4 aromatic rings. The summed E-state index contributed by atoms with van der Waals surface area (Å²) in [5, 5.41) is 5.94. The molecule has 236 valence electrons. The number of carboxylic acids is 1. The van der Waals surface area contributed by atoms with Crippen molar-refractivity contribution >= 4 is 48.6 Å². The Labute approximate surface area is 253 Å². The van der Waals surface area contributed by atoms with Gasteiger partial charge in [0.15, 0.2) is 5.69 Å². The van der Waals surface area contributed by atoms with Crippen molar-refractivity contribution in [3.05, 3.63) is 101 Å². The lowest BCUT2D eigenvalue weighted by molar-refractivity contribution is -0.192. The molecule has 0 radical (unpaired) electrons. The van der Waals surface area contributed by atoms with Crippen LogP contribution < -0.4 is 9.44 Å². The monoisotopic (exact) mass is 667 g/mol. The number of carboxylic acid groups (broad SMARTS) is 1. The topological polar surface area (TPSA) is 180 Å². The van der Waals surface area contributed by atoms with Crippen LogP contribution in [0, 0.1) is 12.4 Å². The van der Waals surface area contributed by atoms with Crippen molar-refractivity contribution in [2.24, 2.45) is 0 Å². The van der Waals surface area contributed by atoms with Gasteiger partial charge in [0.2, 0.25) is 26.0 Å². The number of hydrogen-bond acceptors (Lipinski definition) is 7. The minimum Gasteiger partial charge on any atom is -0.475 e. The molecule has 0 saturated carbocycles. The molecule has 5 rings (SSSR count). The Kier molecular flexibility index (Phi) is 9.27. The van der Waals surface area contributed by atoms with Gasteiger partial charge in [-0.3, -0.25) is 9.52 Å². The zero-order chi connectivity index (χ0) is 33.2. The van der Waals surface area contributed by atoms with E-state index in [1.165, 1.54) is 24.3 Å². The van der Waals surface area contributed by atoms with E-state index in [4.69, 9.17) is 16.5 Å². The minimum absolute atomic E-state index is 0.0314. The third kappa shape index (κ3) is 7.81. The molecule has 2 heterocycles. The summed E-state index contributed by atoms with van der Waals surface area (Å²) in [5.74, 6) is -3.81. The number of carbonyl (C=O) groups excluding carboxylic acids is 1. The average molecular weight is 668 g/mol. The predicted octanol–water partition coefficient (Wildman–Crippen LogP) is 4.04. The molecule has 0 bridgehead atoms. The van der Waals surface area contributed by atoms with E-state index in [1.807, 2.05) is 4.72 Å². The maximum absolute atomic E-state index is 13.8. The number of fused-ring (bicyclic) bond motifs is 1. The number of aliphatic carboxylic acids is 1. The van der Waals surface area contributed by atoms with Crippen molar-refractivity contribution < 1.29 is 49.1 Å². The summed E-state index contributed by atoms with van der Waals surface area (Å²) in [5.41, 5.74) is 2.02. The van der Waals surface area contributed by atoms with Gasteiger partial charge < -0.3 is 10.1 Å². The largest absolute Gasteiger partial charge is 0.490 e. The first-order valence-corrected chi connectivity index (χ1v) is 15.6. The van der Waals surface area contributed by atoms with Gasteiger partial charge in [-0.05, 0) is 42.3 Å². The molecule has 2 atom stereocenters. The number of aromatic amines is 1. The molecule has 1 amide bonds. The smallest absolute Gasteiger partial charge is 0.475 e. The Morgan fingerprint density at radius 3 is 2.40 bits per heavy atom. The zero-order valence-corrected chi connectivity index (χ0v) is 24.2. The number of carbonyl (C=O) groups is 2. The van der Waals surface area contributed by atoms with Crippen LogP contribution in [0.3, 0.4) is 0 Å². The molecule has 1 saturated heterocycles. The summed E-state index contributed by atoms with van der Waals surface area (Å²) in [6.07, 6.45) is -5.34. The third-order valence-corrected chi connectivity index (χ3v) is 9.54. The van der Waals surface area contributed by atoms with Crippen molar-refractivity contribution in [3.8, 4) is 0 Å². The van der Waals surface area contributed by atoms with Gasteiger partial charge in [0, 0.05) is 6.42 Å². The Hall–Kier alpha value is -4.86. The number of alkyl halides is 3. The van der Waals surface area contributed by atoms with Gasteiger partial charge in [-0.15, -0.1) is 0 Å². The molecule has 18 heteroatoms. The lowest BCUT2D eigenvalue weighted by Gasteiger charge is -2.18. The molecule has 12 nitrogen and oxygen atoms in total. The Morgan fingerprint density at radius 2 is 1.82 bits per heavy atom. The van der Waals surface area contributed by atoms with E-state index >= 15 is 0 Å². The molecule has 1 aliphatic heterocycles. The second-order valence-electron chi connectivity index (χ2n) is 9.55. The minimum atomic E-state index is -5.08. The quantitative estimate of drug-likeness (QED) is 0.168. The standard InChI is InChI=1S/C25H20FN5O5S2.C2HF3O2/c1-27-21-11-15(9-10-18(21)23-14-24(32)31-38(23,35)36)12-22(25-28-19-7-2-3-8-20(19)29-25)30-37(33,34)17-6-4-5-16(26)13-17;3-2(4,5)1(6)7/h2-11,13,22-23,30H,12,14H2,(H,28,29)(H,31,32);(H,6,7)/t22-,23?;/m0./s1. The Bertz CT molecular complexity index is 2010. The highest BCUT2D eigenvalue weighted by atomic mass is 32.2. The number of benzene rings is 3. The Balaban J connectivity index is 0.000000591. The van der Waals surface area contributed by atoms with E-state index in [9.17, 15) is 39.2 Å². The highest BCUT2D eigenvalue weighted by Gasteiger charge is 2.39. The number of para-hydroxylation sites is 2. The number of halogens is 4. The van der Waals surface area contributed by atoms with Gasteiger partial charge in [-0.1, -0.05) is 42.0 Å². The van der Waals surface area contributed by atoms with Gasteiger partial charge in [-0.2, -0.15) is 13.2 Å². The molecule has 4 N–H and O–H groups in total. The number of hydrogen-bond donors (Lipinski definition) is 4.